The fourth-order valence-electron chi connectivity index (χ4n) is 2.58. The van der Waals surface area contributed by atoms with Crippen molar-refractivity contribution in [3.05, 3.63) is 35.4 Å². The van der Waals surface area contributed by atoms with Gasteiger partial charge in [-0.3, -0.25) is 4.90 Å². The van der Waals surface area contributed by atoms with E-state index in [9.17, 15) is 5.11 Å². The molecule has 1 aliphatic heterocycles. The first-order chi connectivity index (χ1) is 8.31. The molecule has 0 radical (unpaired) electrons. The Morgan fingerprint density at radius 2 is 1.94 bits per heavy atom. The maximum atomic E-state index is 9.22. The molecule has 1 aliphatic rings. The van der Waals surface area contributed by atoms with Crippen LogP contribution in [0.15, 0.2) is 24.3 Å². The molecule has 2 heteroatoms. The van der Waals surface area contributed by atoms with Gasteiger partial charge in [0.1, 0.15) is 0 Å². The lowest BCUT2D eigenvalue weighted by atomic mass is 9.98. The third-order valence-electron chi connectivity index (χ3n) is 3.70. The first kappa shape index (κ1) is 12.6. The molecule has 0 aromatic heterocycles. The number of nitrogens with zero attached hydrogens (tertiary/aromatic N) is 1. The Kier molecular flexibility index (Phi) is 4.57. The summed E-state index contributed by atoms with van der Waals surface area (Å²) in [6, 6.07) is 8.92. The van der Waals surface area contributed by atoms with Crippen LogP contribution in [0.2, 0.25) is 0 Å². The van der Waals surface area contributed by atoms with Crippen LogP contribution >= 0.6 is 0 Å². The van der Waals surface area contributed by atoms with Gasteiger partial charge in [0.15, 0.2) is 0 Å². The van der Waals surface area contributed by atoms with E-state index in [1.807, 2.05) is 0 Å². The first-order valence-corrected chi connectivity index (χ1v) is 6.73. The lowest BCUT2D eigenvalue weighted by molar-refractivity contribution is 0.116. The Morgan fingerprint density at radius 3 is 2.59 bits per heavy atom. The molecule has 0 saturated carbocycles. The number of aliphatic hydroxyl groups is 1. The fourth-order valence-corrected chi connectivity index (χ4v) is 2.58. The van der Waals surface area contributed by atoms with Gasteiger partial charge in [0, 0.05) is 19.7 Å². The Labute approximate surface area is 104 Å². The normalized spacial score (nSPS) is 21.6. The Bertz CT molecular complexity index is 333. The lowest BCUT2D eigenvalue weighted by Crippen LogP contribution is -2.36. The standard InChI is InChI=1S/C15H23NO/c1-2-13-5-7-14(8-6-13)10-16-9-3-4-15(11-16)12-17/h5-8,15,17H,2-4,9-12H2,1H3. The molecule has 94 valence electrons. The molecule has 1 aromatic rings. The summed E-state index contributed by atoms with van der Waals surface area (Å²) >= 11 is 0. The summed E-state index contributed by atoms with van der Waals surface area (Å²) in [4.78, 5) is 2.46. The minimum Gasteiger partial charge on any atom is -0.396 e. The molecule has 0 bridgehead atoms. The Hall–Kier alpha value is -0.860. The zero-order valence-corrected chi connectivity index (χ0v) is 10.7. The highest BCUT2D eigenvalue weighted by Crippen LogP contribution is 2.18. The molecule has 17 heavy (non-hydrogen) atoms. The van der Waals surface area contributed by atoms with Gasteiger partial charge in [-0.05, 0) is 42.9 Å². The molecule has 2 nitrogen and oxygen atoms in total. The van der Waals surface area contributed by atoms with Crippen LogP contribution in [0, 0.1) is 5.92 Å². The molecule has 0 aliphatic carbocycles. The number of likely N-dealkylation sites (tertiary alicyclic amines) is 1. The number of hydrogen-bond acceptors (Lipinski definition) is 2. The van der Waals surface area contributed by atoms with E-state index in [1.165, 1.54) is 30.5 Å². The predicted molar refractivity (Wildman–Crippen MR) is 70.9 cm³/mol. The Balaban J connectivity index is 1.90. The molecule has 0 spiro atoms. The number of aryl methyl sites for hydroxylation is 1. The van der Waals surface area contributed by atoms with Gasteiger partial charge in [-0.1, -0.05) is 31.2 Å². The molecule has 0 amide bonds. The lowest BCUT2D eigenvalue weighted by Gasteiger charge is -2.31. The van der Waals surface area contributed by atoms with Crippen LogP contribution in [0.25, 0.3) is 0 Å². The summed E-state index contributed by atoms with van der Waals surface area (Å²) in [5.74, 6) is 0.485. The zero-order valence-electron chi connectivity index (χ0n) is 10.7. The quantitative estimate of drug-likeness (QED) is 0.863. The molecule has 1 atom stereocenters. The largest absolute Gasteiger partial charge is 0.396 e. The zero-order chi connectivity index (χ0) is 12.1. The summed E-state index contributed by atoms with van der Waals surface area (Å²) in [5.41, 5.74) is 2.79. The average Bonchev–Trinajstić information content (AvgIpc) is 2.40. The van der Waals surface area contributed by atoms with Crippen LogP contribution in [0.1, 0.15) is 30.9 Å². The van der Waals surface area contributed by atoms with Crippen molar-refractivity contribution in [2.24, 2.45) is 5.92 Å². The molecule has 1 N–H and O–H groups in total. The molecular formula is C15H23NO. The first-order valence-electron chi connectivity index (χ1n) is 6.73. The van der Waals surface area contributed by atoms with Crippen molar-refractivity contribution in [1.82, 2.24) is 4.90 Å². The van der Waals surface area contributed by atoms with Crippen molar-refractivity contribution in [3.8, 4) is 0 Å². The van der Waals surface area contributed by atoms with Gasteiger partial charge < -0.3 is 5.11 Å². The second-order valence-corrected chi connectivity index (χ2v) is 5.10. The van der Waals surface area contributed by atoms with E-state index >= 15 is 0 Å². The molecule has 2 rings (SSSR count). The maximum Gasteiger partial charge on any atom is 0.0471 e. The van der Waals surface area contributed by atoms with Gasteiger partial charge in [-0.25, -0.2) is 0 Å². The highest BCUT2D eigenvalue weighted by molar-refractivity contribution is 5.22. The number of hydrogen-bond donors (Lipinski definition) is 1. The average molecular weight is 233 g/mol. The van der Waals surface area contributed by atoms with Gasteiger partial charge in [0.05, 0.1) is 0 Å². The van der Waals surface area contributed by atoms with E-state index < -0.39 is 0 Å². The van der Waals surface area contributed by atoms with E-state index in [0.717, 1.165) is 19.5 Å². The summed E-state index contributed by atoms with van der Waals surface area (Å²) in [6.45, 7) is 5.77. The van der Waals surface area contributed by atoms with Gasteiger partial charge in [0.2, 0.25) is 0 Å². The van der Waals surface area contributed by atoms with Crippen LogP contribution in [0.4, 0.5) is 0 Å². The second-order valence-electron chi connectivity index (χ2n) is 5.10. The maximum absolute atomic E-state index is 9.22. The van der Waals surface area contributed by atoms with Gasteiger partial charge in [0.25, 0.3) is 0 Å². The van der Waals surface area contributed by atoms with Gasteiger partial charge >= 0.3 is 0 Å². The van der Waals surface area contributed by atoms with Crippen LogP contribution in [-0.4, -0.2) is 29.7 Å². The van der Waals surface area contributed by atoms with E-state index in [1.54, 1.807) is 0 Å². The topological polar surface area (TPSA) is 23.5 Å². The highest BCUT2D eigenvalue weighted by atomic mass is 16.3. The molecule has 1 heterocycles. The van der Waals surface area contributed by atoms with E-state index in [0.29, 0.717) is 12.5 Å². The Morgan fingerprint density at radius 1 is 1.24 bits per heavy atom. The highest BCUT2D eigenvalue weighted by Gasteiger charge is 2.18. The third-order valence-corrected chi connectivity index (χ3v) is 3.70. The fraction of sp³-hybridized carbons (Fsp3) is 0.600. The van der Waals surface area contributed by atoms with E-state index in [4.69, 9.17) is 0 Å². The van der Waals surface area contributed by atoms with Crippen molar-refractivity contribution in [1.29, 1.82) is 0 Å². The van der Waals surface area contributed by atoms with Crippen LogP contribution in [0.5, 0.6) is 0 Å². The molecule has 1 aromatic carbocycles. The number of piperidine rings is 1. The molecule has 1 saturated heterocycles. The predicted octanol–water partition coefficient (Wildman–Crippen LogP) is 2.45. The molecule has 1 unspecified atom stereocenters. The molecular weight excluding hydrogens is 210 g/mol. The minimum atomic E-state index is 0.339. The summed E-state index contributed by atoms with van der Waals surface area (Å²) in [5, 5.41) is 9.22. The van der Waals surface area contributed by atoms with Crippen molar-refractivity contribution >= 4 is 0 Å². The SMILES string of the molecule is CCc1ccc(CN2CCCC(CO)C2)cc1. The monoisotopic (exact) mass is 233 g/mol. The van der Waals surface area contributed by atoms with Crippen molar-refractivity contribution in [2.45, 2.75) is 32.7 Å². The van der Waals surface area contributed by atoms with E-state index in [-0.39, 0.29) is 0 Å². The van der Waals surface area contributed by atoms with Crippen molar-refractivity contribution in [2.75, 3.05) is 19.7 Å². The van der Waals surface area contributed by atoms with Crippen LogP contribution < -0.4 is 0 Å². The van der Waals surface area contributed by atoms with Crippen molar-refractivity contribution in [3.63, 3.8) is 0 Å². The number of benzene rings is 1. The summed E-state index contributed by atoms with van der Waals surface area (Å²) in [7, 11) is 0. The van der Waals surface area contributed by atoms with E-state index in [2.05, 4.69) is 36.1 Å². The second kappa shape index (κ2) is 6.18. The van der Waals surface area contributed by atoms with Crippen LogP contribution in [-0.2, 0) is 13.0 Å². The van der Waals surface area contributed by atoms with Crippen LogP contribution in [0.3, 0.4) is 0 Å². The van der Waals surface area contributed by atoms with Gasteiger partial charge in [-0.15, -0.1) is 0 Å². The number of aliphatic hydroxyl groups excluding tert-OH is 1. The summed E-state index contributed by atoms with van der Waals surface area (Å²) in [6.07, 6.45) is 3.51. The smallest absolute Gasteiger partial charge is 0.0471 e. The van der Waals surface area contributed by atoms with Crippen molar-refractivity contribution < 1.29 is 5.11 Å². The summed E-state index contributed by atoms with van der Waals surface area (Å²) < 4.78 is 0. The minimum absolute atomic E-state index is 0.339. The third kappa shape index (κ3) is 3.55. The molecule has 1 fully saturated rings. The van der Waals surface area contributed by atoms with Gasteiger partial charge in [-0.2, -0.15) is 0 Å². The number of rotatable bonds is 4.